The molecule has 1 aliphatic carbocycles. The Morgan fingerprint density at radius 1 is 1.25 bits per heavy atom. The molecule has 2 unspecified atom stereocenters. The summed E-state index contributed by atoms with van der Waals surface area (Å²) in [6.07, 6.45) is 6.00. The van der Waals surface area contributed by atoms with E-state index >= 15 is 0 Å². The van der Waals surface area contributed by atoms with E-state index < -0.39 is 0 Å². The predicted molar refractivity (Wildman–Crippen MR) is 51.0 cm³/mol. The molecule has 1 nitrogen and oxygen atoms in total. The van der Waals surface area contributed by atoms with E-state index in [1.165, 1.54) is 19.3 Å². The molecule has 1 saturated carbocycles. The van der Waals surface area contributed by atoms with Crippen LogP contribution in [0, 0.1) is 17.3 Å². The minimum absolute atomic E-state index is 0.393. The van der Waals surface area contributed by atoms with Gasteiger partial charge < -0.3 is 4.79 Å². The molecule has 0 saturated heterocycles. The SMILES string of the molecule is CCC(CC)(CC)C1CC1C=O. The number of aldehydes is 1. The molecule has 0 amide bonds. The Morgan fingerprint density at radius 2 is 1.75 bits per heavy atom. The topological polar surface area (TPSA) is 17.1 Å². The zero-order chi connectivity index (χ0) is 9.19. The summed E-state index contributed by atoms with van der Waals surface area (Å²) >= 11 is 0. The number of hydrogen-bond acceptors (Lipinski definition) is 1. The summed E-state index contributed by atoms with van der Waals surface area (Å²) in [4.78, 5) is 10.6. The Morgan fingerprint density at radius 3 is 2.00 bits per heavy atom. The molecule has 1 fully saturated rings. The molecule has 0 aliphatic heterocycles. The summed E-state index contributed by atoms with van der Waals surface area (Å²) in [7, 11) is 0. The van der Waals surface area contributed by atoms with Crippen molar-refractivity contribution in [2.45, 2.75) is 46.5 Å². The second-order valence-corrected chi connectivity index (χ2v) is 4.07. The first-order chi connectivity index (χ1) is 5.74. The molecule has 0 heterocycles. The molecule has 0 N–H and O–H groups in total. The maximum absolute atomic E-state index is 10.6. The van der Waals surface area contributed by atoms with Crippen LogP contribution in [-0.2, 0) is 4.79 Å². The molecule has 2 atom stereocenters. The third kappa shape index (κ3) is 1.41. The van der Waals surface area contributed by atoms with Crippen LogP contribution < -0.4 is 0 Å². The highest BCUT2D eigenvalue weighted by molar-refractivity contribution is 5.58. The van der Waals surface area contributed by atoms with Crippen molar-refractivity contribution in [2.24, 2.45) is 17.3 Å². The van der Waals surface area contributed by atoms with Crippen LogP contribution in [0.2, 0.25) is 0 Å². The number of rotatable bonds is 5. The van der Waals surface area contributed by atoms with Gasteiger partial charge in [-0.05, 0) is 17.8 Å². The van der Waals surface area contributed by atoms with Crippen molar-refractivity contribution >= 4 is 6.29 Å². The number of carbonyl (C=O) groups excluding carboxylic acids is 1. The van der Waals surface area contributed by atoms with E-state index in [4.69, 9.17) is 0 Å². The molecule has 12 heavy (non-hydrogen) atoms. The van der Waals surface area contributed by atoms with Crippen molar-refractivity contribution in [3.05, 3.63) is 0 Å². The molecule has 0 aromatic heterocycles. The standard InChI is InChI=1S/C11H20O/c1-4-11(5-2,6-3)10-7-9(10)8-12/h8-10H,4-7H2,1-3H3. The van der Waals surface area contributed by atoms with Gasteiger partial charge in [-0.25, -0.2) is 0 Å². The van der Waals surface area contributed by atoms with Gasteiger partial charge >= 0.3 is 0 Å². The Balaban J connectivity index is 2.60. The highest BCUT2D eigenvalue weighted by atomic mass is 16.1. The zero-order valence-corrected chi connectivity index (χ0v) is 8.47. The van der Waals surface area contributed by atoms with Crippen molar-refractivity contribution in [1.82, 2.24) is 0 Å². The van der Waals surface area contributed by atoms with E-state index in [1.54, 1.807) is 0 Å². The third-order valence-electron chi connectivity index (χ3n) is 3.91. The fourth-order valence-corrected chi connectivity index (χ4v) is 2.61. The smallest absolute Gasteiger partial charge is 0.123 e. The fraction of sp³-hybridized carbons (Fsp3) is 0.909. The molecule has 1 aliphatic rings. The molecule has 0 spiro atoms. The highest BCUT2D eigenvalue weighted by Gasteiger charge is 2.49. The number of carbonyl (C=O) groups is 1. The molecule has 0 aromatic rings. The van der Waals surface area contributed by atoms with Crippen LogP contribution in [0.4, 0.5) is 0 Å². The summed E-state index contributed by atoms with van der Waals surface area (Å²) in [5, 5.41) is 0. The molecule has 70 valence electrons. The Bertz CT molecular complexity index is 150. The lowest BCUT2D eigenvalue weighted by molar-refractivity contribution is -0.109. The molecule has 1 heteroatoms. The second-order valence-electron chi connectivity index (χ2n) is 4.07. The first-order valence-corrected chi connectivity index (χ1v) is 5.19. The van der Waals surface area contributed by atoms with E-state index in [1.807, 2.05) is 0 Å². The Kier molecular flexibility index (Phi) is 2.92. The summed E-state index contributed by atoms with van der Waals surface area (Å²) < 4.78 is 0. The molecular weight excluding hydrogens is 148 g/mol. The largest absolute Gasteiger partial charge is 0.303 e. The van der Waals surface area contributed by atoms with E-state index in [-0.39, 0.29) is 0 Å². The normalized spacial score (nSPS) is 28.6. The van der Waals surface area contributed by atoms with Gasteiger partial charge in [0.2, 0.25) is 0 Å². The van der Waals surface area contributed by atoms with Crippen LogP contribution in [0.25, 0.3) is 0 Å². The van der Waals surface area contributed by atoms with Gasteiger partial charge in [0.05, 0.1) is 0 Å². The number of hydrogen-bond donors (Lipinski definition) is 0. The first-order valence-electron chi connectivity index (χ1n) is 5.19. The Hall–Kier alpha value is -0.330. The van der Waals surface area contributed by atoms with E-state index in [2.05, 4.69) is 20.8 Å². The van der Waals surface area contributed by atoms with Crippen LogP contribution >= 0.6 is 0 Å². The van der Waals surface area contributed by atoms with Crippen LogP contribution in [0.5, 0.6) is 0 Å². The van der Waals surface area contributed by atoms with Gasteiger partial charge in [0.15, 0.2) is 0 Å². The van der Waals surface area contributed by atoms with Crippen LogP contribution in [0.1, 0.15) is 46.5 Å². The minimum Gasteiger partial charge on any atom is -0.303 e. The summed E-state index contributed by atoms with van der Waals surface area (Å²) in [5.74, 6) is 1.10. The van der Waals surface area contributed by atoms with Crippen molar-refractivity contribution in [2.75, 3.05) is 0 Å². The second kappa shape index (κ2) is 3.59. The lowest BCUT2D eigenvalue weighted by atomic mass is 9.74. The van der Waals surface area contributed by atoms with Crippen molar-refractivity contribution < 1.29 is 4.79 Å². The average Bonchev–Trinajstić information content (AvgIpc) is 2.89. The van der Waals surface area contributed by atoms with Gasteiger partial charge in [0.25, 0.3) is 0 Å². The van der Waals surface area contributed by atoms with Gasteiger partial charge in [-0.2, -0.15) is 0 Å². The fourth-order valence-electron chi connectivity index (χ4n) is 2.61. The van der Waals surface area contributed by atoms with Gasteiger partial charge in [0.1, 0.15) is 6.29 Å². The van der Waals surface area contributed by atoms with Crippen molar-refractivity contribution in [1.29, 1.82) is 0 Å². The molecular formula is C11H20O. The summed E-state index contributed by atoms with van der Waals surface area (Å²) in [6, 6.07) is 0. The average molecular weight is 168 g/mol. The third-order valence-corrected chi connectivity index (χ3v) is 3.91. The van der Waals surface area contributed by atoms with Gasteiger partial charge in [-0.1, -0.05) is 40.0 Å². The van der Waals surface area contributed by atoms with Gasteiger partial charge in [0, 0.05) is 5.92 Å². The van der Waals surface area contributed by atoms with Gasteiger partial charge in [-0.3, -0.25) is 0 Å². The van der Waals surface area contributed by atoms with Crippen LogP contribution in [0.3, 0.4) is 0 Å². The van der Waals surface area contributed by atoms with Gasteiger partial charge in [-0.15, -0.1) is 0 Å². The Labute approximate surface area is 75.5 Å². The summed E-state index contributed by atoms with van der Waals surface area (Å²) in [6.45, 7) is 6.77. The molecule has 0 aromatic carbocycles. The lowest BCUT2D eigenvalue weighted by Crippen LogP contribution is -2.21. The minimum atomic E-state index is 0.393. The van der Waals surface area contributed by atoms with Crippen molar-refractivity contribution in [3.8, 4) is 0 Å². The lowest BCUT2D eigenvalue weighted by Gasteiger charge is -2.30. The first kappa shape index (κ1) is 9.76. The predicted octanol–water partition coefficient (Wildman–Crippen LogP) is 3.04. The molecule has 0 radical (unpaired) electrons. The van der Waals surface area contributed by atoms with E-state index in [0.717, 1.165) is 12.7 Å². The monoisotopic (exact) mass is 168 g/mol. The van der Waals surface area contributed by atoms with Crippen LogP contribution in [0.15, 0.2) is 0 Å². The van der Waals surface area contributed by atoms with Crippen molar-refractivity contribution in [3.63, 3.8) is 0 Å². The summed E-state index contributed by atoms with van der Waals surface area (Å²) in [5.41, 5.74) is 0.478. The molecule has 1 rings (SSSR count). The zero-order valence-electron chi connectivity index (χ0n) is 8.47. The maximum atomic E-state index is 10.6. The van der Waals surface area contributed by atoms with E-state index in [9.17, 15) is 4.79 Å². The van der Waals surface area contributed by atoms with Crippen LogP contribution in [-0.4, -0.2) is 6.29 Å². The quantitative estimate of drug-likeness (QED) is 0.577. The molecule has 0 bridgehead atoms. The highest BCUT2D eigenvalue weighted by Crippen LogP contribution is 2.55. The maximum Gasteiger partial charge on any atom is 0.123 e. The van der Waals surface area contributed by atoms with E-state index in [0.29, 0.717) is 17.3 Å².